The summed E-state index contributed by atoms with van der Waals surface area (Å²) in [5.41, 5.74) is -0.448. The van der Waals surface area contributed by atoms with Crippen LogP contribution in [0, 0.1) is 4.91 Å². The number of unbranched alkanes of at least 4 members (excludes halogenated alkanes) is 1. The molecule has 0 heterocycles. The monoisotopic (exact) mass is 186 g/mol. The highest BCUT2D eigenvalue weighted by molar-refractivity contribution is 5.93. The van der Waals surface area contributed by atoms with E-state index in [1.807, 2.05) is 6.92 Å². The normalized spacial score (nSPS) is 11.8. The van der Waals surface area contributed by atoms with Crippen LogP contribution in [0.1, 0.15) is 26.7 Å². The lowest BCUT2D eigenvalue weighted by Crippen LogP contribution is -2.25. The second-order valence-electron chi connectivity index (χ2n) is 2.63. The zero-order chi connectivity index (χ0) is 10.3. The van der Waals surface area contributed by atoms with Gasteiger partial charge in [-0.15, -0.1) is 4.91 Å². The number of carbonyl (C=O) groups excluding carboxylic acids is 1. The summed E-state index contributed by atoms with van der Waals surface area (Å²) in [6.07, 6.45) is 1.79. The standard InChI is InChI=1S/C8H14N2O3/c1-3-4-5-9-8(12)7(10-13)6(2)11/h11H,3-5H2,1-2H3,(H,9,12)/b7-6+. The number of hydrogen-bond acceptors (Lipinski definition) is 4. The van der Waals surface area contributed by atoms with Gasteiger partial charge in [0, 0.05) is 6.54 Å². The number of allylic oxidation sites excluding steroid dienone is 1. The summed E-state index contributed by atoms with van der Waals surface area (Å²) in [4.78, 5) is 21.2. The summed E-state index contributed by atoms with van der Waals surface area (Å²) in [7, 11) is 0. The van der Waals surface area contributed by atoms with E-state index in [9.17, 15) is 9.70 Å². The van der Waals surface area contributed by atoms with Crippen molar-refractivity contribution in [2.45, 2.75) is 26.7 Å². The molecule has 74 valence electrons. The minimum absolute atomic E-state index is 0.357. The molecule has 0 aliphatic heterocycles. The van der Waals surface area contributed by atoms with E-state index >= 15 is 0 Å². The van der Waals surface area contributed by atoms with Gasteiger partial charge in [0.05, 0.1) is 0 Å². The third-order valence-electron chi connectivity index (χ3n) is 1.46. The number of amides is 1. The predicted molar refractivity (Wildman–Crippen MR) is 49.0 cm³/mol. The maximum Gasteiger partial charge on any atom is 0.277 e. The first-order valence-corrected chi connectivity index (χ1v) is 4.14. The number of aliphatic hydroxyl groups is 1. The van der Waals surface area contributed by atoms with Crippen LogP contribution in [0.2, 0.25) is 0 Å². The van der Waals surface area contributed by atoms with Crippen molar-refractivity contribution in [3.05, 3.63) is 16.4 Å². The third-order valence-corrected chi connectivity index (χ3v) is 1.46. The molecule has 5 heteroatoms. The Hall–Kier alpha value is -1.39. The van der Waals surface area contributed by atoms with E-state index in [4.69, 9.17) is 5.11 Å². The minimum Gasteiger partial charge on any atom is -0.510 e. The topological polar surface area (TPSA) is 78.8 Å². The fourth-order valence-electron chi connectivity index (χ4n) is 0.734. The van der Waals surface area contributed by atoms with E-state index in [2.05, 4.69) is 10.5 Å². The van der Waals surface area contributed by atoms with E-state index in [0.29, 0.717) is 6.54 Å². The maximum absolute atomic E-state index is 11.1. The first kappa shape index (κ1) is 11.6. The molecule has 0 aromatic heterocycles. The average Bonchev–Trinajstić information content (AvgIpc) is 2.05. The molecule has 2 N–H and O–H groups in total. The Bertz CT molecular complexity index is 219. The van der Waals surface area contributed by atoms with Crippen molar-refractivity contribution in [1.29, 1.82) is 0 Å². The number of nitroso groups, excluding NO2 is 1. The zero-order valence-corrected chi connectivity index (χ0v) is 7.83. The van der Waals surface area contributed by atoms with Gasteiger partial charge in [-0.1, -0.05) is 13.3 Å². The van der Waals surface area contributed by atoms with Gasteiger partial charge >= 0.3 is 0 Å². The lowest BCUT2D eigenvalue weighted by molar-refractivity contribution is -0.117. The highest BCUT2D eigenvalue weighted by atomic mass is 16.3. The highest BCUT2D eigenvalue weighted by Gasteiger charge is 2.12. The molecule has 0 aromatic rings. The van der Waals surface area contributed by atoms with Crippen molar-refractivity contribution >= 4 is 5.91 Å². The molecule has 0 rings (SSSR count). The van der Waals surface area contributed by atoms with E-state index < -0.39 is 11.6 Å². The number of rotatable bonds is 5. The molecule has 0 bridgehead atoms. The van der Waals surface area contributed by atoms with Crippen LogP contribution in [0.25, 0.3) is 0 Å². The van der Waals surface area contributed by atoms with Gasteiger partial charge in [0.25, 0.3) is 5.91 Å². The van der Waals surface area contributed by atoms with E-state index in [1.54, 1.807) is 0 Å². The van der Waals surface area contributed by atoms with Gasteiger partial charge in [-0.05, 0) is 18.5 Å². The smallest absolute Gasteiger partial charge is 0.277 e. The zero-order valence-electron chi connectivity index (χ0n) is 7.83. The van der Waals surface area contributed by atoms with Crippen LogP contribution >= 0.6 is 0 Å². The van der Waals surface area contributed by atoms with Crippen molar-refractivity contribution in [2.24, 2.45) is 5.18 Å². The van der Waals surface area contributed by atoms with Crippen molar-refractivity contribution < 1.29 is 9.90 Å². The Morgan fingerprint density at radius 3 is 2.54 bits per heavy atom. The van der Waals surface area contributed by atoms with Crippen molar-refractivity contribution in [3.63, 3.8) is 0 Å². The number of nitrogens with one attached hydrogen (secondary N) is 1. The summed E-state index contributed by atoms with van der Waals surface area (Å²) in [5, 5.41) is 13.8. The van der Waals surface area contributed by atoms with Gasteiger partial charge < -0.3 is 10.4 Å². The Labute approximate surface area is 76.8 Å². The molecule has 0 aliphatic carbocycles. The Balaban J connectivity index is 4.09. The average molecular weight is 186 g/mol. The lowest BCUT2D eigenvalue weighted by Gasteiger charge is -2.02. The molecule has 0 aromatic carbocycles. The van der Waals surface area contributed by atoms with Gasteiger partial charge in [-0.2, -0.15) is 0 Å². The maximum atomic E-state index is 11.1. The molecule has 0 atom stereocenters. The van der Waals surface area contributed by atoms with Gasteiger partial charge in [-0.3, -0.25) is 4.79 Å². The molecule has 0 radical (unpaired) electrons. The molecule has 5 nitrogen and oxygen atoms in total. The molecular weight excluding hydrogens is 172 g/mol. The summed E-state index contributed by atoms with van der Waals surface area (Å²) < 4.78 is 0. The van der Waals surface area contributed by atoms with Crippen molar-refractivity contribution in [2.75, 3.05) is 6.54 Å². The lowest BCUT2D eigenvalue weighted by atomic mass is 10.3. The van der Waals surface area contributed by atoms with Gasteiger partial charge in [-0.25, -0.2) is 0 Å². The van der Waals surface area contributed by atoms with Crippen LogP contribution < -0.4 is 5.32 Å². The summed E-state index contributed by atoms with van der Waals surface area (Å²) >= 11 is 0. The van der Waals surface area contributed by atoms with Crippen LogP contribution in [0.4, 0.5) is 0 Å². The SMILES string of the molecule is CCCCNC(=O)/C(N=O)=C(/C)O. The second kappa shape index (κ2) is 6.16. The Kier molecular flexibility index (Phi) is 5.50. The van der Waals surface area contributed by atoms with E-state index in [0.717, 1.165) is 12.8 Å². The van der Waals surface area contributed by atoms with Gasteiger partial charge in [0.15, 0.2) is 0 Å². The summed E-state index contributed by atoms with van der Waals surface area (Å²) in [6.45, 7) is 3.72. The minimum atomic E-state index is -0.622. The molecule has 0 saturated heterocycles. The van der Waals surface area contributed by atoms with Crippen LogP contribution in [0.15, 0.2) is 16.6 Å². The van der Waals surface area contributed by atoms with E-state index in [1.165, 1.54) is 6.92 Å². The third kappa shape index (κ3) is 4.25. The quantitative estimate of drug-likeness (QED) is 0.295. The molecule has 13 heavy (non-hydrogen) atoms. The highest BCUT2D eigenvalue weighted by Crippen LogP contribution is 2.01. The molecule has 0 spiro atoms. The van der Waals surface area contributed by atoms with Crippen LogP contribution in [-0.2, 0) is 4.79 Å². The molecule has 0 fully saturated rings. The number of carbonyl (C=O) groups is 1. The Morgan fingerprint density at radius 2 is 2.15 bits per heavy atom. The fourth-order valence-corrected chi connectivity index (χ4v) is 0.734. The fraction of sp³-hybridized carbons (Fsp3) is 0.625. The molecule has 0 aliphatic rings. The predicted octanol–water partition coefficient (Wildman–Crippen LogP) is 1.46. The van der Waals surface area contributed by atoms with E-state index in [-0.39, 0.29) is 5.76 Å². The second-order valence-corrected chi connectivity index (χ2v) is 2.63. The van der Waals surface area contributed by atoms with Gasteiger partial charge in [0.1, 0.15) is 5.76 Å². The molecule has 1 amide bonds. The number of hydrogen-bond donors (Lipinski definition) is 2. The van der Waals surface area contributed by atoms with Crippen LogP contribution in [0.3, 0.4) is 0 Å². The van der Waals surface area contributed by atoms with Crippen molar-refractivity contribution in [3.8, 4) is 0 Å². The van der Waals surface area contributed by atoms with Gasteiger partial charge in [0.2, 0.25) is 5.70 Å². The number of nitrogens with zero attached hydrogens (tertiary/aromatic N) is 1. The first-order chi connectivity index (χ1) is 6.13. The Morgan fingerprint density at radius 1 is 1.54 bits per heavy atom. The van der Waals surface area contributed by atoms with Crippen LogP contribution in [-0.4, -0.2) is 17.6 Å². The van der Waals surface area contributed by atoms with Crippen LogP contribution in [0.5, 0.6) is 0 Å². The van der Waals surface area contributed by atoms with Crippen molar-refractivity contribution in [1.82, 2.24) is 5.32 Å². The molecular formula is C8H14N2O3. The number of aliphatic hydroxyl groups excluding tert-OH is 1. The first-order valence-electron chi connectivity index (χ1n) is 4.14. The molecule has 0 saturated carbocycles. The largest absolute Gasteiger partial charge is 0.510 e. The summed E-state index contributed by atoms with van der Waals surface area (Å²) in [5.74, 6) is -0.979. The summed E-state index contributed by atoms with van der Waals surface area (Å²) in [6, 6.07) is 0. The molecule has 0 unspecified atom stereocenters.